The zero-order valence-corrected chi connectivity index (χ0v) is 19.1. The molecule has 0 radical (unpaired) electrons. The molecule has 1 aliphatic heterocycles. The summed E-state index contributed by atoms with van der Waals surface area (Å²) in [5.41, 5.74) is 9.78. The number of carbonyl (C=O) groups excluding carboxylic acids is 2. The molecule has 3 heterocycles. The van der Waals surface area contributed by atoms with Gasteiger partial charge < -0.3 is 21.3 Å². The first-order valence-electron chi connectivity index (χ1n) is 11.7. The van der Waals surface area contributed by atoms with Crippen LogP contribution in [0.3, 0.4) is 0 Å². The number of nitrogens with one attached hydrogen (secondary N) is 3. The minimum atomic E-state index is -0.609. The van der Waals surface area contributed by atoms with Crippen molar-refractivity contribution in [3.63, 3.8) is 0 Å². The third-order valence-corrected chi connectivity index (χ3v) is 6.74. The van der Waals surface area contributed by atoms with Crippen molar-refractivity contribution in [2.24, 2.45) is 5.73 Å². The molecule has 9 heteroatoms. The molecule has 2 amide bonds. The standard InChI is InChI=1S/C25H29N7O2/c1-15-21(31-25(34)18-8-6-17(7-9-18)16-4-5-16)3-2-10-32(15)20-11-22(23(24(26)33)27-14-20)30-19-12-28-29-13-19/h6-9,11-16,21,30H,2-5,10H2,1H3,(H2,26,33)(H,28,29)(H,31,34)/t15-,21-/m1/s1. The van der Waals surface area contributed by atoms with E-state index in [0.717, 1.165) is 25.1 Å². The summed E-state index contributed by atoms with van der Waals surface area (Å²) in [7, 11) is 0. The molecule has 2 atom stereocenters. The van der Waals surface area contributed by atoms with Gasteiger partial charge in [0.15, 0.2) is 5.69 Å². The fourth-order valence-corrected chi connectivity index (χ4v) is 4.65. The van der Waals surface area contributed by atoms with E-state index >= 15 is 0 Å². The number of hydrogen-bond acceptors (Lipinski definition) is 6. The number of piperidine rings is 1. The van der Waals surface area contributed by atoms with E-state index in [2.05, 4.69) is 49.8 Å². The van der Waals surface area contributed by atoms with Gasteiger partial charge in [-0.2, -0.15) is 5.10 Å². The van der Waals surface area contributed by atoms with Crippen LogP contribution in [0.15, 0.2) is 48.9 Å². The SMILES string of the molecule is C[C@@H]1[C@H](NC(=O)c2ccc(C3CC3)cc2)CCCN1c1cnc(C(N)=O)c(Nc2cn[nH]c2)c1. The highest BCUT2D eigenvalue weighted by atomic mass is 16.2. The van der Waals surface area contributed by atoms with Gasteiger partial charge in [-0.05, 0) is 62.3 Å². The van der Waals surface area contributed by atoms with Crippen molar-refractivity contribution in [1.29, 1.82) is 0 Å². The molecule has 2 fully saturated rings. The van der Waals surface area contributed by atoms with Crippen LogP contribution in [-0.4, -0.2) is 45.6 Å². The fraction of sp³-hybridized carbons (Fsp3) is 0.360. The molecule has 2 aromatic heterocycles. The summed E-state index contributed by atoms with van der Waals surface area (Å²) in [4.78, 5) is 31.4. The van der Waals surface area contributed by atoms with Crippen LogP contribution in [0.2, 0.25) is 0 Å². The van der Waals surface area contributed by atoms with Gasteiger partial charge in [-0.1, -0.05) is 12.1 Å². The maximum atomic E-state index is 12.9. The number of aromatic nitrogens is 3. The lowest BCUT2D eigenvalue weighted by Crippen LogP contribution is -2.54. The molecule has 1 aromatic carbocycles. The summed E-state index contributed by atoms with van der Waals surface area (Å²) in [5.74, 6) is 0.0131. The van der Waals surface area contributed by atoms with E-state index in [1.54, 1.807) is 18.6 Å². The topological polar surface area (TPSA) is 129 Å². The van der Waals surface area contributed by atoms with E-state index in [1.165, 1.54) is 18.4 Å². The highest BCUT2D eigenvalue weighted by Crippen LogP contribution is 2.40. The summed E-state index contributed by atoms with van der Waals surface area (Å²) in [5, 5.41) is 13.0. The van der Waals surface area contributed by atoms with E-state index in [0.29, 0.717) is 22.9 Å². The lowest BCUT2D eigenvalue weighted by Gasteiger charge is -2.41. The number of rotatable bonds is 7. The van der Waals surface area contributed by atoms with Crippen LogP contribution in [0, 0.1) is 0 Å². The number of H-pyrrole nitrogens is 1. The molecule has 9 nitrogen and oxygen atoms in total. The normalized spacial score (nSPS) is 20.1. The van der Waals surface area contributed by atoms with Crippen LogP contribution in [-0.2, 0) is 0 Å². The van der Waals surface area contributed by atoms with Crippen LogP contribution < -0.4 is 21.3 Å². The lowest BCUT2D eigenvalue weighted by atomic mass is 9.96. The Morgan fingerprint density at radius 3 is 2.62 bits per heavy atom. The van der Waals surface area contributed by atoms with Gasteiger partial charge in [0, 0.05) is 30.4 Å². The van der Waals surface area contributed by atoms with E-state index in [1.807, 2.05) is 18.2 Å². The molecule has 1 aliphatic carbocycles. The minimum absolute atomic E-state index is 0.00883. The Kier molecular flexibility index (Phi) is 5.91. The molecule has 0 bridgehead atoms. The zero-order chi connectivity index (χ0) is 23.7. The van der Waals surface area contributed by atoms with Gasteiger partial charge in [0.25, 0.3) is 11.8 Å². The van der Waals surface area contributed by atoms with Gasteiger partial charge in [0.05, 0.1) is 29.5 Å². The molecular weight excluding hydrogens is 430 g/mol. The molecule has 3 aromatic rings. The van der Waals surface area contributed by atoms with Crippen molar-refractivity contribution in [1.82, 2.24) is 20.5 Å². The Morgan fingerprint density at radius 1 is 1.15 bits per heavy atom. The quantitative estimate of drug-likeness (QED) is 0.429. The van der Waals surface area contributed by atoms with Crippen molar-refractivity contribution < 1.29 is 9.59 Å². The fourth-order valence-electron chi connectivity index (χ4n) is 4.65. The van der Waals surface area contributed by atoms with Gasteiger partial charge in [0.1, 0.15) is 0 Å². The number of primary amides is 1. The highest BCUT2D eigenvalue weighted by molar-refractivity contribution is 5.98. The summed E-state index contributed by atoms with van der Waals surface area (Å²) in [6.07, 6.45) is 9.28. The third-order valence-electron chi connectivity index (χ3n) is 6.74. The highest BCUT2D eigenvalue weighted by Gasteiger charge is 2.30. The number of nitrogens with zero attached hydrogens (tertiary/aromatic N) is 3. The predicted octanol–water partition coefficient (Wildman–Crippen LogP) is 3.31. The smallest absolute Gasteiger partial charge is 0.269 e. The summed E-state index contributed by atoms with van der Waals surface area (Å²) in [6.45, 7) is 2.93. The maximum absolute atomic E-state index is 12.9. The zero-order valence-electron chi connectivity index (χ0n) is 19.1. The number of benzene rings is 1. The second-order valence-electron chi connectivity index (χ2n) is 9.12. The van der Waals surface area contributed by atoms with Crippen LogP contribution in [0.5, 0.6) is 0 Å². The Bertz CT molecular complexity index is 1170. The van der Waals surface area contributed by atoms with Gasteiger partial charge in [-0.25, -0.2) is 4.98 Å². The van der Waals surface area contributed by atoms with Gasteiger partial charge >= 0.3 is 0 Å². The van der Waals surface area contributed by atoms with Crippen LogP contribution in [0.1, 0.15) is 64.9 Å². The van der Waals surface area contributed by atoms with Crippen molar-refractivity contribution >= 4 is 28.9 Å². The molecule has 0 spiro atoms. The van der Waals surface area contributed by atoms with Gasteiger partial charge in [0.2, 0.25) is 0 Å². The molecule has 1 saturated carbocycles. The number of carbonyl (C=O) groups is 2. The Hall–Kier alpha value is -3.88. The van der Waals surface area contributed by atoms with Gasteiger partial charge in [-0.15, -0.1) is 0 Å². The number of amides is 2. The summed E-state index contributed by atoms with van der Waals surface area (Å²) >= 11 is 0. The number of anilines is 3. The van der Waals surface area contributed by atoms with Crippen molar-refractivity contribution in [3.05, 3.63) is 65.7 Å². The number of hydrogen-bond donors (Lipinski definition) is 4. The van der Waals surface area contributed by atoms with Gasteiger partial charge in [-0.3, -0.25) is 14.7 Å². The average Bonchev–Trinajstić information content (AvgIpc) is 3.57. The van der Waals surface area contributed by atoms with E-state index < -0.39 is 5.91 Å². The maximum Gasteiger partial charge on any atom is 0.269 e. The lowest BCUT2D eigenvalue weighted by molar-refractivity contribution is 0.0923. The first-order valence-corrected chi connectivity index (χ1v) is 11.7. The summed E-state index contributed by atoms with van der Waals surface area (Å²) < 4.78 is 0. The van der Waals surface area contributed by atoms with Crippen LogP contribution >= 0.6 is 0 Å². The number of aromatic amines is 1. The molecular formula is C25H29N7O2. The molecule has 34 heavy (non-hydrogen) atoms. The number of pyridine rings is 1. The summed E-state index contributed by atoms with van der Waals surface area (Å²) in [6, 6.07) is 9.91. The first kappa shape index (κ1) is 21.9. The van der Waals surface area contributed by atoms with Crippen LogP contribution in [0.25, 0.3) is 0 Å². The van der Waals surface area contributed by atoms with Crippen molar-refractivity contribution in [2.45, 2.75) is 50.6 Å². The number of nitrogens with two attached hydrogens (primary N) is 1. The molecule has 5 N–H and O–H groups in total. The largest absolute Gasteiger partial charge is 0.365 e. The van der Waals surface area contributed by atoms with Crippen LogP contribution in [0.4, 0.5) is 17.1 Å². The Morgan fingerprint density at radius 2 is 1.94 bits per heavy atom. The van der Waals surface area contributed by atoms with Crippen molar-refractivity contribution in [3.8, 4) is 0 Å². The Balaban J connectivity index is 1.32. The second-order valence-corrected chi connectivity index (χ2v) is 9.12. The third kappa shape index (κ3) is 4.59. The molecule has 2 aliphatic rings. The van der Waals surface area contributed by atoms with E-state index in [4.69, 9.17) is 5.73 Å². The minimum Gasteiger partial charge on any atom is -0.365 e. The Labute approximate surface area is 198 Å². The monoisotopic (exact) mass is 459 g/mol. The molecule has 0 unspecified atom stereocenters. The molecule has 176 valence electrons. The second kappa shape index (κ2) is 9.17. The molecule has 1 saturated heterocycles. The first-order chi connectivity index (χ1) is 16.5. The van der Waals surface area contributed by atoms with E-state index in [9.17, 15) is 9.59 Å². The van der Waals surface area contributed by atoms with Crippen molar-refractivity contribution in [2.75, 3.05) is 16.8 Å². The predicted molar refractivity (Wildman–Crippen MR) is 130 cm³/mol. The molecule has 5 rings (SSSR count). The van der Waals surface area contributed by atoms with E-state index in [-0.39, 0.29) is 23.7 Å². The average molecular weight is 460 g/mol.